The van der Waals surface area contributed by atoms with Crippen molar-refractivity contribution in [1.82, 2.24) is 5.43 Å². The van der Waals surface area contributed by atoms with Gasteiger partial charge in [0.25, 0.3) is 0 Å². The fourth-order valence-corrected chi connectivity index (χ4v) is 3.16. The first-order valence-electron chi connectivity index (χ1n) is 6.48. The normalized spacial score (nSPS) is 10.6. The zero-order chi connectivity index (χ0) is 17.7. The van der Waals surface area contributed by atoms with E-state index in [1.54, 1.807) is 24.3 Å². The molecule has 0 atom stereocenters. The van der Waals surface area contributed by atoms with Crippen molar-refractivity contribution in [3.63, 3.8) is 0 Å². The van der Waals surface area contributed by atoms with Crippen LogP contribution in [0.4, 0.5) is 5.69 Å². The minimum Gasteiger partial charge on any atom is -0.506 e. The second kappa shape index (κ2) is 8.22. The first-order chi connectivity index (χ1) is 11.4. The average molecular weight is 473 g/mol. The zero-order valence-electron chi connectivity index (χ0n) is 12.0. The number of benzene rings is 2. The van der Waals surface area contributed by atoms with Crippen molar-refractivity contribution >= 4 is 67.1 Å². The number of thiocarbonyl (C=S) groups is 1. The highest BCUT2D eigenvalue weighted by Crippen LogP contribution is 2.30. The van der Waals surface area contributed by atoms with E-state index in [2.05, 4.69) is 47.7 Å². The number of rotatable bonds is 4. The minimum absolute atomic E-state index is 0.0526. The molecule has 0 aliphatic carbocycles. The Balaban J connectivity index is 2.01. The lowest BCUT2D eigenvalue weighted by Gasteiger charge is -2.08. The number of phenolic OH excluding ortho intramolecular Hbond substituents is 1. The Labute approximate surface area is 159 Å². The number of halogens is 2. The van der Waals surface area contributed by atoms with Gasteiger partial charge < -0.3 is 15.5 Å². The van der Waals surface area contributed by atoms with Crippen LogP contribution in [0, 0.1) is 0 Å². The van der Waals surface area contributed by atoms with Gasteiger partial charge in [0.15, 0.2) is 5.11 Å². The molecule has 2 rings (SSSR count). The van der Waals surface area contributed by atoms with Crippen LogP contribution in [0.5, 0.6) is 5.75 Å². The number of nitrogens with zero attached hydrogens (tertiary/aromatic N) is 1. The van der Waals surface area contributed by atoms with Crippen molar-refractivity contribution in [3.05, 3.63) is 56.5 Å². The molecule has 0 saturated heterocycles. The Kier molecular flexibility index (Phi) is 6.29. The minimum atomic E-state index is -1.02. The first-order valence-corrected chi connectivity index (χ1v) is 8.47. The summed E-state index contributed by atoms with van der Waals surface area (Å²) in [7, 11) is 0. The quantitative estimate of drug-likeness (QED) is 0.306. The highest BCUT2D eigenvalue weighted by molar-refractivity contribution is 9.11. The van der Waals surface area contributed by atoms with E-state index in [-0.39, 0.29) is 16.4 Å². The summed E-state index contributed by atoms with van der Waals surface area (Å²) < 4.78 is 1.31. The van der Waals surface area contributed by atoms with Gasteiger partial charge in [-0.05, 0) is 58.5 Å². The molecule has 0 unspecified atom stereocenters. The number of hydrogen-bond acceptors (Lipinski definition) is 4. The molecule has 9 heteroatoms. The largest absolute Gasteiger partial charge is 0.506 e. The number of nitrogens with one attached hydrogen (secondary N) is 2. The van der Waals surface area contributed by atoms with Crippen LogP contribution in [0.3, 0.4) is 0 Å². The van der Waals surface area contributed by atoms with Crippen LogP contribution >= 0.6 is 44.1 Å². The molecule has 0 aromatic heterocycles. The van der Waals surface area contributed by atoms with Crippen LogP contribution in [0.15, 0.2) is 50.4 Å². The topological polar surface area (TPSA) is 94.0 Å². The Hall–Kier alpha value is -1.97. The standard InChI is InChI=1S/C15H11Br2N3O3S/c16-10-4-9(13(21)12(17)6-10)7-18-20-15(24)19-11-3-1-2-8(5-11)14(22)23/h1-7,21H,(H,22,23)(H2,19,20,24)/b18-7+. The molecule has 2 aromatic rings. The number of phenols is 1. The van der Waals surface area contributed by atoms with Crippen molar-refractivity contribution in [2.75, 3.05) is 5.32 Å². The summed E-state index contributed by atoms with van der Waals surface area (Å²) in [5.74, 6) is -0.969. The maximum atomic E-state index is 10.9. The number of aromatic hydroxyl groups is 1. The Morgan fingerprint density at radius 1 is 1.25 bits per heavy atom. The number of carboxylic acid groups (broad SMARTS) is 1. The number of anilines is 1. The number of hydrazone groups is 1. The van der Waals surface area contributed by atoms with Gasteiger partial charge in [0.05, 0.1) is 16.3 Å². The van der Waals surface area contributed by atoms with E-state index in [0.717, 1.165) is 4.47 Å². The number of carbonyl (C=O) groups is 1. The molecule has 0 bridgehead atoms. The monoisotopic (exact) mass is 471 g/mol. The lowest BCUT2D eigenvalue weighted by Crippen LogP contribution is -2.24. The molecule has 2 aromatic carbocycles. The lowest BCUT2D eigenvalue weighted by atomic mass is 10.2. The predicted octanol–water partition coefficient (Wildman–Crippen LogP) is 3.94. The van der Waals surface area contributed by atoms with Gasteiger partial charge in [-0.1, -0.05) is 22.0 Å². The summed E-state index contributed by atoms with van der Waals surface area (Å²) in [5.41, 5.74) is 3.75. The molecule has 0 radical (unpaired) electrons. The molecule has 124 valence electrons. The molecular formula is C15H11Br2N3O3S. The molecule has 0 amide bonds. The van der Waals surface area contributed by atoms with Gasteiger partial charge in [0.1, 0.15) is 5.75 Å². The first kappa shape index (κ1) is 18.4. The van der Waals surface area contributed by atoms with Crippen LogP contribution in [-0.4, -0.2) is 27.5 Å². The fraction of sp³-hybridized carbons (Fsp3) is 0. The van der Waals surface area contributed by atoms with Gasteiger partial charge in [-0.25, -0.2) is 4.79 Å². The summed E-state index contributed by atoms with van der Waals surface area (Å²) in [6.45, 7) is 0. The average Bonchev–Trinajstić information content (AvgIpc) is 2.52. The van der Waals surface area contributed by atoms with Crippen LogP contribution in [0.25, 0.3) is 0 Å². The number of carboxylic acids is 1. The molecule has 0 aliphatic heterocycles. The van der Waals surface area contributed by atoms with E-state index in [0.29, 0.717) is 15.7 Å². The maximum absolute atomic E-state index is 10.9. The summed E-state index contributed by atoms with van der Waals surface area (Å²) in [4.78, 5) is 10.9. The number of aromatic carboxylic acids is 1. The van der Waals surface area contributed by atoms with E-state index in [1.165, 1.54) is 18.3 Å². The molecule has 0 saturated carbocycles. The van der Waals surface area contributed by atoms with Crippen molar-refractivity contribution < 1.29 is 15.0 Å². The Morgan fingerprint density at radius 3 is 2.71 bits per heavy atom. The third-order valence-electron chi connectivity index (χ3n) is 2.79. The second-order valence-corrected chi connectivity index (χ2v) is 6.71. The van der Waals surface area contributed by atoms with Crippen molar-refractivity contribution in [2.45, 2.75) is 0 Å². The molecular weight excluding hydrogens is 462 g/mol. The van der Waals surface area contributed by atoms with Crippen molar-refractivity contribution in [1.29, 1.82) is 0 Å². The van der Waals surface area contributed by atoms with E-state index in [9.17, 15) is 9.90 Å². The fourth-order valence-electron chi connectivity index (χ4n) is 1.73. The van der Waals surface area contributed by atoms with E-state index in [1.807, 2.05) is 0 Å². The molecule has 0 fully saturated rings. The summed E-state index contributed by atoms with van der Waals surface area (Å²) in [5, 5.41) is 25.8. The SMILES string of the molecule is O=C(O)c1cccc(NC(=S)N/N=C/c2cc(Br)cc(Br)c2O)c1. The third kappa shape index (κ3) is 5.02. The van der Waals surface area contributed by atoms with Gasteiger partial charge in [0, 0.05) is 15.7 Å². The van der Waals surface area contributed by atoms with E-state index >= 15 is 0 Å². The van der Waals surface area contributed by atoms with E-state index in [4.69, 9.17) is 17.3 Å². The molecule has 24 heavy (non-hydrogen) atoms. The van der Waals surface area contributed by atoms with Gasteiger partial charge in [0.2, 0.25) is 0 Å². The zero-order valence-corrected chi connectivity index (χ0v) is 15.9. The molecule has 0 spiro atoms. The van der Waals surface area contributed by atoms with Gasteiger partial charge in [-0.2, -0.15) is 5.10 Å². The lowest BCUT2D eigenvalue weighted by molar-refractivity contribution is 0.0697. The maximum Gasteiger partial charge on any atom is 0.335 e. The van der Waals surface area contributed by atoms with Gasteiger partial charge in [-0.3, -0.25) is 5.43 Å². The second-order valence-electron chi connectivity index (χ2n) is 4.54. The highest BCUT2D eigenvalue weighted by Gasteiger charge is 2.06. The van der Waals surface area contributed by atoms with Crippen LogP contribution in [0.2, 0.25) is 0 Å². The summed E-state index contributed by atoms with van der Waals surface area (Å²) >= 11 is 11.6. The molecule has 4 N–H and O–H groups in total. The molecule has 6 nitrogen and oxygen atoms in total. The Morgan fingerprint density at radius 2 is 2.00 bits per heavy atom. The summed E-state index contributed by atoms with van der Waals surface area (Å²) in [6.07, 6.45) is 1.41. The van der Waals surface area contributed by atoms with Crippen LogP contribution in [0.1, 0.15) is 15.9 Å². The molecule has 0 aliphatic rings. The van der Waals surface area contributed by atoms with Crippen molar-refractivity contribution in [3.8, 4) is 5.75 Å². The van der Waals surface area contributed by atoms with E-state index < -0.39 is 5.97 Å². The molecule has 0 heterocycles. The van der Waals surface area contributed by atoms with Crippen LogP contribution < -0.4 is 10.7 Å². The van der Waals surface area contributed by atoms with Gasteiger partial charge in [-0.15, -0.1) is 0 Å². The third-order valence-corrected chi connectivity index (χ3v) is 4.05. The summed E-state index contributed by atoms with van der Waals surface area (Å²) in [6, 6.07) is 9.63. The highest BCUT2D eigenvalue weighted by atomic mass is 79.9. The van der Waals surface area contributed by atoms with Gasteiger partial charge >= 0.3 is 5.97 Å². The predicted molar refractivity (Wildman–Crippen MR) is 104 cm³/mol. The van der Waals surface area contributed by atoms with Crippen LogP contribution in [-0.2, 0) is 0 Å². The smallest absolute Gasteiger partial charge is 0.335 e. The van der Waals surface area contributed by atoms with Crippen molar-refractivity contribution in [2.24, 2.45) is 5.10 Å². The Bertz CT molecular complexity index is 828. The number of hydrogen-bond donors (Lipinski definition) is 4.